The van der Waals surface area contributed by atoms with E-state index in [1.165, 1.54) is 142 Å². The Bertz CT molecular complexity index is 3680. The molecule has 7 heterocycles. The molecule has 0 bridgehead atoms. The third-order valence-corrected chi connectivity index (χ3v) is 25.5. The molecule has 17 N–H and O–H groups in total. The summed E-state index contributed by atoms with van der Waals surface area (Å²) in [5.41, 5.74) is 9.68. The first-order chi connectivity index (χ1) is 54.4. The van der Waals surface area contributed by atoms with Crippen LogP contribution in [0.1, 0.15) is 305 Å². The normalized spacial score (nSPS) is 18.1. The molecular weight excluding hydrogens is 1670 g/mol. The molecule has 5 aliphatic carbocycles. The minimum atomic E-state index is -0.932. The number of urea groups is 4. The van der Waals surface area contributed by atoms with Gasteiger partial charge in [0, 0.05) is 80.7 Å². The van der Waals surface area contributed by atoms with Gasteiger partial charge in [-0.15, -0.1) is 81.5 Å². The first kappa shape index (κ1) is 107. The van der Waals surface area contributed by atoms with Gasteiger partial charge in [0.05, 0.1) is 54.2 Å². The molecule has 40 heteroatoms. The van der Waals surface area contributed by atoms with E-state index in [4.69, 9.17) is 36.3 Å². The fraction of sp³-hybridized carbons (Fsp3) is 0.610. The number of nitrogens with zero attached hydrogens (tertiary/aromatic N) is 1. The standard InChI is InChI=1S/C18H27N3O4S.C14H20N2O3S.C13H19N3O3S.C13H18N2O3S.C8H11NO2S.C6H9NO.C5H11NO2.2ClH.Na.H2O/c1-12(19-18(23)20-13-6-2-3-7-13)14-9-10-15(26-14)17(22)21-25-16-8-4-5-11-24-16;1-9(11-7-8-12(20-11)13(17)19-2)15-14(18)16-10-5-3-4-6-10;1-8(10-6-7-11(20-10)12(17)16-19)14-13(18)15-9-4-2-3-5-9;1-8(10-6-7-11(19-10)12(16)17)14-13(18)15-9-4-2-3-5-9;1-5(9)6-3-4-7(12-6)8(10)11-2;8-5-7-6-3-1-2-4-6;6-8-5-3-1-2-4-7-5;;;;/h9-10,12-13,16H,2-8,11H2,1H3,(H,21,22)(H2,19,20,23);7-10H,3-6H2,1-2H3,(H2,15,16,18);6-9,19H,2-5H2,1H3,(H,16,17)(H2,14,15,18);6-9H,2-5H2,1H3,(H,16,17)(H2,14,15,18);3-5H,9H2,1-2H3;6H,1-4H2;5H,1-4,6H2;2*1H;;1H2/q;;;;;;;;;+1;/p-1. The molecule has 2 saturated heterocycles. The van der Waals surface area contributed by atoms with Crippen LogP contribution < -0.4 is 94.7 Å². The van der Waals surface area contributed by atoms with Crippen molar-refractivity contribution in [2.45, 2.75) is 275 Å². The Morgan fingerprint density at radius 3 is 1.04 bits per heavy atom. The number of amides is 10. The number of methoxy groups -OCH3 is 2. The van der Waals surface area contributed by atoms with Crippen LogP contribution in [0.4, 0.5) is 19.2 Å². The summed E-state index contributed by atoms with van der Waals surface area (Å²) in [5.74, 6) is 2.47. The van der Waals surface area contributed by atoms with E-state index in [9.17, 15) is 47.9 Å². The molecule has 10 amide bonds. The molecule has 7 unspecified atom stereocenters. The van der Waals surface area contributed by atoms with Crippen LogP contribution in [0.25, 0.3) is 0 Å². The van der Waals surface area contributed by atoms with E-state index < -0.39 is 11.9 Å². The molecular formula is C77H118Cl2N13NaO19S5. The second kappa shape index (κ2) is 59.3. The number of carboxylic acid groups (broad SMARTS) is 1. The van der Waals surface area contributed by atoms with Gasteiger partial charge in [0.25, 0.3) is 11.8 Å². The van der Waals surface area contributed by atoms with E-state index >= 15 is 0 Å². The van der Waals surface area contributed by atoms with Gasteiger partial charge in [0.1, 0.15) is 14.6 Å². The Morgan fingerprint density at radius 1 is 0.453 bits per heavy atom. The first-order valence-corrected chi connectivity index (χ1v) is 43.0. The van der Waals surface area contributed by atoms with Crippen molar-refractivity contribution in [2.75, 3.05) is 27.4 Å². The van der Waals surface area contributed by atoms with Crippen LogP contribution >= 0.6 is 81.5 Å². The summed E-state index contributed by atoms with van der Waals surface area (Å²) in [4.78, 5) is 134. The molecule has 5 aromatic heterocycles. The van der Waals surface area contributed by atoms with Crippen LogP contribution in [0.15, 0.2) is 65.7 Å². The summed E-state index contributed by atoms with van der Waals surface area (Å²) >= 11 is 6.50. The number of ether oxygens (including phenoxy) is 4. The van der Waals surface area contributed by atoms with E-state index in [1.54, 1.807) is 54.0 Å². The monoisotopic (exact) mass is 1780 g/mol. The average Bonchev–Trinajstić information content (AvgIpc) is 1.76. The van der Waals surface area contributed by atoms with Gasteiger partial charge in [0.2, 0.25) is 6.08 Å². The zero-order chi connectivity index (χ0) is 82.0. The fourth-order valence-electron chi connectivity index (χ4n) is 12.9. The molecule has 5 aromatic rings. The number of halogens is 2. The van der Waals surface area contributed by atoms with E-state index in [1.807, 2.05) is 52.8 Å². The molecule has 32 nitrogen and oxygen atoms in total. The summed E-state index contributed by atoms with van der Waals surface area (Å²) in [7, 11) is 2.73. The molecule has 7 atom stereocenters. The number of carbonyl (C=O) groups excluding carboxylic acids is 9. The second-order valence-corrected chi connectivity index (χ2v) is 33.8. The van der Waals surface area contributed by atoms with Gasteiger partial charge in [-0.05, 0) is 185 Å². The van der Waals surface area contributed by atoms with Crippen LogP contribution in [-0.2, 0) is 33.4 Å². The van der Waals surface area contributed by atoms with Crippen LogP contribution in [0, 0.1) is 0 Å². The zero-order valence-corrected chi connectivity index (χ0v) is 75.5. The van der Waals surface area contributed by atoms with Crippen LogP contribution in [-0.4, -0.2) is 146 Å². The third kappa shape index (κ3) is 40.2. The number of rotatable bonds is 22. The topological polar surface area (TPSA) is 481 Å². The summed E-state index contributed by atoms with van der Waals surface area (Å²) in [5, 5.41) is 40.9. The minimum Gasteiger partial charge on any atom is -0.870 e. The zero-order valence-electron chi connectivity index (χ0n) is 67.8. The average molecular weight is 1780 g/mol. The number of thiophene rings is 5. The number of nitrogens with one attached hydrogen (secondary N) is 10. The largest absolute Gasteiger partial charge is 1.00 e. The Balaban J connectivity index is 0.000000474. The van der Waals surface area contributed by atoms with Crippen molar-refractivity contribution in [3.05, 3.63) is 109 Å². The summed E-state index contributed by atoms with van der Waals surface area (Å²) in [6, 6.07) is 17.6. The van der Waals surface area contributed by atoms with E-state index in [0.29, 0.717) is 43.1 Å². The molecule has 0 spiro atoms. The van der Waals surface area contributed by atoms with Crippen molar-refractivity contribution in [3.8, 4) is 0 Å². The molecule has 2 aliphatic heterocycles. The number of isocyanates is 1. The van der Waals surface area contributed by atoms with Gasteiger partial charge in [-0.2, -0.15) is 0 Å². The summed E-state index contributed by atoms with van der Waals surface area (Å²) in [6.07, 6.45) is 29.7. The van der Waals surface area contributed by atoms with E-state index in [2.05, 4.69) is 67.3 Å². The van der Waals surface area contributed by atoms with Gasteiger partial charge >= 0.3 is 71.6 Å². The quantitative estimate of drug-likeness (QED) is 0.00764. The molecule has 5 saturated carbocycles. The van der Waals surface area contributed by atoms with Gasteiger partial charge < -0.3 is 77.8 Å². The van der Waals surface area contributed by atoms with Gasteiger partial charge in [0.15, 0.2) is 12.6 Å². The number of aliphatic imine (C=N–C) groups is 1. The van der Waals surface area contributed by atoms with Crippen molar-refractivity contribution in [2.24, 2.45) is 16.6 Å². The Labute approximate surface area is 739 Å². The minimum absolute atomic E-state index is 0. The molecule has 0 aromatic carbocycles. The maximum absolute atomic E-state index is 12.2. The Morgan fingerprint density at radius 2 is 0.752 bits per heavy atom. The Kier molecular flexibility index (Phi) is 54.1. The number of carbonyl (C=O) groups is 9. The molecule has 7 aliphatic rings. The molecule has 7 fully saturated rings. The molecule has 650 valence electrons. The summed E-state index contributed by atoms with van der Waals surface area (Å²) in [6.45, 7) is 10.9. The van der Waals surface area contributed by atoms with Crippen molar-refractivity contribution < 1.29 is 122 Å². The predicted octanol–water partition coefficient (Wildman–Crippen LogP) is 11.9. The molecule has 0 radical (unpaired) electrons. The van der Waals surface area contributed by atoms with Crippen molar-refractivity contribution in [1.82, 2.24) is 53.5 Å². The third-order valence-electron chi connectivity index (χ3n) is 19.2. The summed E-state index contributed by atoms with van der Waals surface area (Å²) < 4.78 is 19.7. The van der Waals surface area contributed by atoms with E-state index in [0.717, 1.165) is 127 Å². The molecule has 12 rings (SSSR count). The SMILES string of the molecule is CC(NC(=O)NC1CCCC1)c1ccc(C(=O)NO)s1.CC(NC(=O)NC1CCCC1)c1ccc(C(=O)NOC2CCCCO2)s1.CC(NC(=O)NC1CCCC1)c1ccc(C(=O)O)s1.COC(=O)c1ccc(C(C)N)s1.COC(=O)c1ccc(C(C)NC(=O)NC2CCCC2)s1.Cl.Cl.NOC1CCCCO1.O=C=NC1CCCC1.[Na+].[OH-]. The van der Waals surface area contributed by atoms with Crippen molar-refractivity contribution in [1.29, 1.82) is 0 Å². The smallest absolute Gasteiger partial charge is 0.870 e. The number of esters is 2. The maximum Gasteiger partial charge on any atom is 1.00 e. The fourth-order valence-corrected chi connectivity index (χ4v) is 17.4. The van der Waals surface area contributed by atoms with Gasteiger partial charge in [-0.1, -0.05) is 64.2 Å². The second-order valence-electron chi connectivity index (χ2n) is 28.2. The van der Waals surface area contributed by atoms with Crippen molar-refractivity contribution >= 4 is 141 Å². The Hall–Kier alpha value is -6.43. The van der Waals surface area contributed by atoms with E-state index in [-0.39, 0.29) is 163 Å². The molecule has 117 heavy (non-hydrogen) atoms. The number of hydrogen-bond donors (Lipinski definition) is 14. The number of aromatic carboxylic acids is 1. The van der Waals surface area contributed by atoms with Gasteiger partial charge in [-0.3, -0.25) is 19.6 Å². The van der Waals surface area contributed by atoms with Gasteiger partial charge in [-0.25, -0.2) is 65.0 Å². The number of hydrogen-bond acceptors (Lipinski definition) is 26. The van der Waals surface area contributed by atoms with Crippen molar-refractivity contribution in [3.63, 3.8) is 0 Å². The van der Waals surface area contributed by atoms with Crippen LogP contribution in [0.3, 0.4) is 0 Å². The number of hydroxylamine groups is 2. The number of carboxylic acids is 1. The van der Waals surface area contributed by atoms with Crippen LogP contribution in [0.2, 0.25) is 0 Å². The predicted molar refractivity (Wildman–Crippen MR) is 450 cm³/mol. The first-order valence-electron chi connectivity index (χ1n) is 38.9. The van der Waals surface area contributed by atoms with Crippen LogP contribution in [0.5, 0.6) is 0 Å². The maximum atomic E-state index is 12.2. The number of nitrogens with two attached hydrogens (primary N) is 2.